The number of rotatable bonds is 6. The first kappa shape index (κ1) is 17.7. The second kappa shape index (κ2) is 7.87. The molecule has 0 spiro atoms. The number of ether oxygens (including phenoxy) is 1. The van der Waals surface area contributed by atoms with Crippen LogP contribution >= 0.6 is 0 Å². The van der Waals surface area contributed by atoms with Gasteiger partial charge in [-0.15, -0.1) is 5.10 Å². The van der Waals surface area contributed by atoms with E-state index in [1.807, 2.05) is 60.7 Å². The summed E-state index contributed by atoms with van der Waals surface area (Å²) in [6, 6.07) is 19.3. The van der Waals surface area contributed by atoms with E-state index in [0.717, 1.165) is 11.1 Å². The van der Waals surface area contributed by atoms with Crippen molar-refractivity contribution in [3.63, 3.8) is 0 Å². The zero-order valence-electron chi connectivity index (χ0n) is 15.3. The van der Waals surface area contributed by atoms with Crippen molar-refractivity contribution in [2.45, 2.75) is 13.5 Å². The van der Waals surface area contributed by atoms with Crippen molar-refractivity contribution >= 4 is 5.97 Å². The molecule has 2 aromatic heterocycles. The van der Waals surface area contributed by atoms with Gasteiger partial charge in [-0.1, -0.05) is 71.0 Å². The predicted molar refractivity (Wildman–Crippen MR) is 102 cm³/mol. The minimum Gasteiger partial charge on any atom is -0.462 e. The summed E-state index contributed by atoms with van der Waals surface area (Å²) in [4.78, 5) is 12.6. The van der Waals surface area contributed by atoms with Gasteiger partial charge in [0.15, 0.2) is 5.69 Å². The van der Waals surface area contributed by atoms with Gasteiger partial charge in [-0.3, -0.25) is 0 Å². The average molecular weight is 374 g/mol. The molecular weight excluding hydrogens is 356 g/mol. The first-order valence-corrected chi connectivity index (χ1v) is 8.93. The molecule has 28 heavy (non-hydrogen) atoms. The van der Waals surface area contributed by atoms with Crippen molar-refractivity contribution in [3.05, 3.63) is 78.0 Å². The van der Waals surface area contributed by atoms with E-state index in [1.54, 1.807) is 17.8 Å². The molecular formula is C21H18N4O3. The Balaban J connectivity index is 1.72. The summed E-state index contributed by atoms with van der Waals surface area (Å²) >= 11 is 0. The number of nitrogens with zero attached hydrogens (tertiary/aromatic N) is 4. The van der Waals surface area contributed by atoms with Crippen molar-refractivity contribution < 1.29 is 14.1 Å². The Morgan fingerprint density at radius 2 is 1.79 bits per heavy atom. The van der Waals surface area contributed by atoms with Crippen molar-refractivity contribution in [2.24, 2.45) is 0 Å². The highest BCUT2D eigenvalue weighted by atomic mass is 16.5. The van der Waals surface area contributed by atoms with Crippen LogP contribution in [-0.2, 0) is 11.3 Å². The molecule has 0 aliphatic rings. The maximum atomic E-state index is 12.6. The van der Waals surface area contributed by atoms with E-state index >= 15 is 0 Å². The third-order valence-electron chi connectivity index (χ3n) is 4.18. The molecule has 0 amide bonds. The van der Waals surface area contributed by atoms with E-state index in [0.29, 0.717) is 17.9 Å². The summed E-state index contributed by atoms with van der Waals surface area (Å²) < 4.78 is 12.4. The van der Waals surface area contributed by atoms with Crippen LogP contribution in [0, 0.1) is 0 Å². The predicted octanol–water partition coefficient (Wildman–Crippen LogP) is 3.83. The topological polar surface area (TPSA) is 83.0 Å². The van der Waals surface area contributed by atoms with Gasteiger partial charge in [-0.2, -0.15) is 0 Å². The summed E-state index contributed by atoms with van der Waals surface area (Å²) in [5.74, 6) is -0.258. The van der Waals surface area contributed by atoms with Crippen LogP contribution in [0.1, 0.15) is 22.8 Å². The SMILES string of the molecule is CCOC(=O)c1c(-c2ccccc2)noc1-c1cn(Cc2ccccc2)nn1. The van der Waals surface area contributed by atoms with Crippen LogP contribution < -0.4 is 0 Å². The van der Waals surface area contributed by atoms with Gasteiger partial charge in [0.25, 0.3) is 0 Å². The summed E-state index contributed by atoms with van der Waals surface area (Å²) in [7, 11) is 0. The number of aromatic nitrogens is 4. The zero-order chi connectivity index (χ0) is 19.3. The molecule has 0 saturated carbocycles. The van der Waals surface area contributed by atoms with Crippen molar-refractivity contribution in [1.29, 1.82) is 0 Å². The summed E-state index contributed by atoms with van der Waals surface area (Å²) in [5.41, 5.74) is 2.95. The molecule has 0 aliphatic heterocycles. The third-order valence-corrected chi connectivity index (χ3v) is 4.18. The maximum absolute atomic E-state index is 12.6. The van der Waals surface area contributed by atoms with E-state index in [1.165, 1.54) is 0 Å². The van der Waals surface area contributed by atoms with Gasteiger partial charge < -0.3 is 9.26 Å². The number of benzene rings is 2. The highest BCUT2D eigenvalue weighted by Crippen LogP contribution is 2.31. The normalized spacial score (nSPS) is 10.8. The second-order valence-electron chi connectivity index (χ2n) is 6.11. The molecule has 0 fully saturated rings. The molecule has 0 saturated heterocycles. The molecule has 7 nitrogen and oxygen atoms in total. The van der Waals surface area contributed by atoms with Crippen LogP contribution in [0.2, 0.25) is 0 Å². The Bertz CT molecular complexity index is 1070. The van der Waals surface area contributed by atoms with Gasteiger partial charge in [0, 0.05) is 5.56 Å². The fourth-order valence-corrected chi connectivity index (χ4v) is 2.90. The highest BCUT2D eigenvalue weighted by Gasteiger charge is 2.27. The molecule has 7 heteroatoms. The summed E-state index contributed by atoms with van der Waals surface area (Å²) in [6.45, 7) is 2.56. The van der Waals surface area contributed by atoms with E-state index < -0.39 is 5.97 Å². The second-order valence-corrected chi connectivity index (χ2v) is 6.11. The average Bonchev–Trinajstić information content (AvgIpc) is 3.36. The van der Waals surface area contributed by atoms with Crippen LogP contribution in [0.15, 0.2) is 71.4 Å². The molecule has 0 atom stereocenters. The largest absolute Gasteiger partial charge is 0.462 e. The van der Waals surface area contributed by atoms with Crippen molar-refractivity contribution in [2.75, 3.05) is 6.61 Å². The van der Waals surface area contributed by atoms with Crippen LogP contribution in [-0.4, -0.2) is 32.7 Å². The Morgan fingerprint density at radius 1 is 1.07 bits per heavy atom. The lowest BCUT2D eigenvalue weighted by atomic mass is 10.1. The lowest BCUT2D eigenvalue weighted by Gasteiger charge is -2.03. The number of carbonyl (C=O) groups excluding carboxylic acids is 1. The maximum Gasteiger partial charge on any atom is 0.344 e. The first-order valence-electron chi connectivity index (χ1n) is 8.93. The van der Waals surface area contributed by atoms with Gasteiger partial charge in [0.1, 0.15) is 11.3 Å². The number of carbonyl (C=O) groups is 1. The number of hydrogen-bond acceptors (Lipinski definition) is 6. The Hall–Kier alpha value is -3.74. The van der Waals surface area contributed by atoms with Gasteiger partial charge in [0.05, 0.1) is 19.3 Å². The number of hydrogen-bond donors (Lipinski definition) is 0. The van der Waals surface area contributed by atoms with Crippen LogP contribution in [0.3, 0.4) is 0 Å². The number of esters is 1. The monoisotopic (exact) mass is 374 g/mol. The minimum absolute atomic E-state index is 0.247. The molecule has 4 rings (SSSR count). The smallest absolute Gasteiger partial charge is 0.344 e. The quantitative estimate of drug-likeness (QED) is 0.477. The lowest BCUT2D eigenvalue weighted by molar-refractivity contribution is 0.0527. The van der Waals surface area contributed by atoms with Crippen molar-refractivity contribution in [3.8, 4) is 22.7 Å². The standard InChI is InChI=1S/C21H18N4O3/c1-2-27-21(26)18-19(16-11-7-4-8-12-16)23-28-20(18)17-14-25(24-22-17)13-15-9-5-3-6-10-15/h3-12,14H,2,13H2,1H3. The van der Waals surface area contributed by atoms with Crippen LogP contribution in [0.5, 0.6) is 0 Å². The molecule has 2 aromatic carbocycles. The lowest BCUT2D eigenvalue weighted by Crippen LogP contribution is -2.06. The molecule has 0 N–H and O–H groups in total. The van der Waals surface area contributed by atoms with E-state index in [-0.39, 0.29) is 17.9 Å². The van der Waals surface area contributed by atoms with E-state index in [4.69, 9.17) is 9.26 Å². The summed E-state index contributed by atoms with van der Waals surface area (Å²) in [5, 5.41) is 12.4. The molecule has 2 heterocycles. The zero-order valence-corrected chi connectivity index (χ0v) is 15.3. The fraction of sp³-hybridized carbons (Fsp3) is 0.143. The Morgan fingerprint density at radius 3 is 2.50 bits per heavy atom. The molecule has 4 aromatic rings. The molecule has 0 radical (unpaired) electrons. The highest BCUT2D eigenvalue weighted by molar-refractivity contribution is 6.01. The summed E-state index contributed by atoms with van der Waals surface area (Å²) in [6.07, 6.45) is 1.73. The van der Waals surface area contributed by atoms with Gasteiger partial charge in [0.2, 0.25) is 5.76 Å². The van der Waals surface area contributed by atoms with Gasteiger partial charge in [-0.25, -0.2) is 9.48 Å². The van der Waals surface area contributed by atoms with Crippen LogP contribution in [0.25, 0.3) is 22.7 Å². The molecule has 140 valence electrons. The fourth-order valence-electron chi connectivity index (χ4n) is 2.90. The Kier molecular flexibility index (Phi) is 4.97. The Labute approximate surface area is 161 Å². The minimum atomic E-state index is -0.504. The molecule has 0 aliphatic carbocycles. The van der Waals surface area contributed by atoms with Gasteiger partial charge in [-0.05, 0) is 12.5 Å². The van der Waals surface area contributed by atoms with E-state index in [2.05, 4.69) is 15.5 Å². The molecule has 0 unspecified atom stereocenters. The van der Waals surface area contributed by atoms with Crippen LogP contribution in [0.4, 0.5) is 0 Å². The third kappa shape index (κ3) is 3.55. The first-order chi connectivity index (χ1) is 13.8. The van der Waals surface area contributed by atoms with Crippen molar-refractivity contribution in [1.82, 2.24) is 20.2 Å². The van der Waals surface area contributed by atoms with Gasteiger partial charge >= 0.3 is 5.97 Å². The van der Waals surface area contributed by atoms with E-state index in [9.17, 15) is 4.79 Å². The molecule has 0 bridgehead atoms.